The molecule has 1 aromatic carbocycles. The predicted molar refractivity (Wildman–Crippen MR) is 118 cm³/mol. The Bertz CT molecular complexity index is 814. The van der Waals surface area contributed by atoms with Crippen LogP contribution in [0.2, 0.25) is 0 Å². The molecule has 0 aromatic heterocycles. The molecule has 0 radical (unpaired) electrons. The molecule has 1 atom stereocenters. The summed E-state index contributed by atoms with van der Waals surface area (Å²) in [4.78, 5) is 28.8. The quantitative estimate of drug-likeness (QED) is 0.652. The summed E-state index contributed by atoms with van der Waals surface area (Å²) in [6.45, 7) is 10.1. The van der Waals surface area contributed by atoms with Crippen molar-refractivity contribution in [1.82, 2.24) is 14.5 Å². The summed E-state index contributed by atoms with van der Waals surface area (Å²) in [5.74, 6) is -0.264. The third kappa shape index (κ3) is 6.18. The van der Waals surface area contributed by atoms with E-state index in [9.17, 15) is 18.0 Å². The van der Waals surface area contributed by atoms with Crippen molar-refractivity contribution in [3.8, 4) is 0 Å². The highest BCUT2D eigenvalue weighted by Gasteiger charge is 2.29. The molecule has 0 bridgehead atoms. The van der Waals surface area contributed by atoms with Crippen molar-refractivity contribution in [3.05, 3.63) is 24.3 Å². The standard InChI is InChI=1S/C21H34N4O4S/c1-5-16(4)23-30(28,29)19-10-8-18(9-11-19)22-20(26)17-12-14-25(15-13-17)21(27)24(6-2)7-3/h8-11,16-17,23H,5-7,12-15H2,1-4H3,(H,22,26). The van der Waals surface area contributed by atoms with Crippen LogP contribution in [0.1, 0.15) is 47.0 Å². The van der Waals surface area contributed by atoms with Crippen LogP contribution in [0.3, 0.4) is 0 Å². The van der Waals surface area contributed by atoms with Gasteiger partial charge in [0.05, 0.1) is 4.90 Å². The molecule has 1 saturated heterocycles. The van der Waals surface area contributed by atoms with Crippen molar-refractivity contribution in [3.63, 3.8) is 0 Å². The Labute approximate surface area is 180 Å². The van der Waals surface area contributed by atoms with Crippen LogP contribution < -0.4 is 10.0 Å². The van der Waals surface area contributed by atoms with Crippen LogP contribution in [0.15, 0.2) is 29.2 Å². The summed E-state index contributed by atoms with van der Waals surface area (Å²) in [5, 5.41) is 2.86. The zero-order valence-corrected chi connectivity index (χ0v) is 19.2. The second kappa shape index (κ2) is 10.8. The number of sulfonamides is 1. The topological polar surface area (TPSA) is 98.8 Å². The molecule has 1 fully saturated rings. The van der Waals surface area contributed by atoms with E-state index in [-0.39, 0.29) is 28.8 Å². The number of rotatable bonds is 8. The van der Waals surface area contributed by atoms with Crippen LogP contribution in [-0.4, -0.2) is 62.4 Å². The second-order valence-electron chi connectivity index (χ2n) is 7.66. The van der Waals surface area contributed by atoms with Crippen LogP contribution >= 0.6 is 0 Å². The lowest BCUT2D eigenvalue weighted by atomic mass is 9.96. The Morgan fingerprint density at radius 1 is 1.10 bits per heavy atom. The number of urea groups is 1. The van der Waals surface area contributed by atoms with Crippen molar-refractivity contribution in [1.29, 1.82) is 0 Å². The molecular formula is C21H34N4O4S. The molecule has 168 valence electrons. The largest absolute Gasteiger partial charge is 0.326 e. The molecular weight excluding hydrogens is 404 g/mol. The van der Waals surface area contributed by atoms with Gasteiger partial charge in [0.25, 0.3) is 0 Å². The average Bonchev–Trinajstić information content (AvgIpc) is 2.74. The van der Waals surface area contributed by atoms with Crippen molar-refractivity contribution in [2.75, 3.05) is 31.5 Å². The highest BCUT2D eigenvalue weighted by Crippen LogP contribution is 2.21. The van der Waals surface area contributed by atoms with Crippen molar-refractivity contribution in [2.45, 2.75) is 57.9 Å². The van der Waals surface area contributed by atoms with Crippen molar-refractivity contribution >= 4 is 27.6 Å². The van der Waals surface area contributed by atoms with E-state index in [0.29, 0.717) is 51.1 Å². The maximum absolute atomic E-state index is 12.6. The molecule has 0 saturated carbocycles. The molecule has 2 N–H and O–H groups in total. The maximum Gasteiger partial charge on any atom is 0.319 e. The van der Waals surface area contributed by atoms with Gasteiger partial charge in [-0.1, -0.05) is 6.92 Å². The van der Waals surface area contributed by atoms with Gasteiger partial charge in [0.15, 0.2) is 0 Å². The zero-order valence-electron chi connectivity index (χ0n) is 18.3. The molecule has 0 spiro atoms. The molecule has 2 rings (SSSR count). The Morgan fingerprint density at radius 2 is 1.67 bits per heavy atom. The zero-order chi connectivity index (χ0) is 22.3. The number of hydrogen-bond donors (Lipinski definition) is 2. The number of carbonyl (C=O) groups excluding carboxylic acids is 2. The first kappa shape index (κ1) is 24.1. The minimum absolute atomic E-state index is 0.0293. The number of nitrogens with zero attached hydrogens (tertiary/aromatic N) is 2. The molecule has 1 heterocycles. The summed E-state index contributed by atoms with van der Waals surface area (Å²) >= 11 is 0. The molecule has 30 heavy (non-hydrogen) atoms. The van der Waals surface area contributed by atoms with Gasteiger partial charge in [-0.3, -0.25) is 4.79 Å². The van der Waals surface area contributed by atoms with Gasteiger partial charge in [0.1, 0.15) is 0 Å². The molecule has 1 aromatic rings. The highest BCUT2D eigenvalue weighted by atomic mass is 32.2. The van der Waals surface area contributed by atoms with Gasteiger partial charge in [-0.15, -0.1) is 0 Å². The number of likely N-dealkylation sites (tertiary alicyclic amines) is 1. The van der Waals surface area contributed by atoms with Crippen LogP contribution in [-0.2, 0) is 14.8 Å². The third-order valence-corrected chi connectivity index (χ3v) is 7.18. The van der Waals surface area contributed by atoms with Crippen LogP contribution in [0.25, 0.3) is 0 Å². The minimum Gasteiger partial charge on any atom is -0.326 e. The summed E-state index contributed by atoms with van der Waals surface area (Å²) in [6.07, 6.45) is 1.93. The molecule has 3 amide bonds. The Kier molecular flexibility index (Phi) is 8.66. The normalized spacial score (nSPS) is 16.2. The second-order valence-corrected chi connectivity index (χ2v) is 9.37. The van der Waals surface area contributed by atoms with Gasteiger partial charge in [0, 0.05) is 43.8 Å². The third-order valence-electron chi connectivity index (χ3n) is 5.57. The molecule has 1 unspecified atom stereocenters. The number of amides is 3. The molecule has 0 aliphatic carbocycles. The lowest BCUT2D eigenvalue weighted by Gasteiger charge is -2.34. The summed E-state index contributed by atoms with van der Waals surface area (Å²) in [5.41, 5.74) is 0.559. The van der Waals surface area contributed by atoms with Gasteiger partial charge < -0.3 is 15.1 Å². The Morgan fingerprint density at radius 3 is 2.17 bits per heavy atom. The maximum atomic E-state index is 12.6. The predicted octanol–water partition coefficient (Wildman–Crippen LogP) is 2.88. The summed E-state index contributed by atoms with van der Waals surface area (Å²) in [7, 11) is -3.57. The summed E-state index contributed by atoms with van der Waals surface area (Å²) in [6, 6.07) is 6.07. The van der Waals surface area contributed by atoms with E-state index in [4.69, 9.17) is 0 Å². The van der Waals surface area contributed by atoms with Gasteiger partial charge in [-0.25, -0.2) is 17.9 Å². The number of benzene rings is 1. The average molecular weight is 439 g/mol. The van der Waals surface area contributed by atoms with Gasteiger partial charge in [-0.2, -0.15) is 0 Å². The number of anilines is 1. The first-order valence-electron chi connectivity index (χ1n) is 10.7. The fraction of sp³-hybridized carbons (Fsp3) is 0.619. The minimum atomic E-state index is -3.57. The van der Waals surface area contributed by atoms with Crippen LogP contribution in [0.4, 0.5) is 10.5 Å². The SMILES string of the molecule is CCC(C)NS(=O)(=O)c1ccc(NC(=O)C2CCN(C(=O)N(CC)CC)CC2)cc1. The van der Waals surface area contributed by atoms with E-state index in [1.165, 1.54) is 12.1 Å². The first-order valence-corrected chi connectivity index (χ1v) is 12.2. The number of hydrogen-bond acceptors (Lipinski definition) is 4. The van der Waals surface area contributed by atoms with E-state index < -0.39 is 10.0 Å². The van der Waals surface area contributed by atoms with Crippen molar-refractivity contribution in [2.24, 2.45) is 5.92 Å². The fourth-order valence-electron chi connectivity index (χ4n) is 3.41. The molecule has 9 heteroatoms. The highest BCUT2D eigenvalue weighted by molar-refractivity contribution is 7.89. The van der Waals surface area contributed by atoms with E-state index in [1.807, 2.05) is 27.7 Å². The fourth-order valence-corrected chi connectivity index (χ4v) is 4.73. The monoisotopic (exact) mass is 438 g/mol. The van der Waals surface area contributed by atoms with E-state index in [0.717, 1.165) is 0 Å². The molecule has 1 aliphatic heterocycles. The number of carbonyl (C=O) groups is 2. The molecule has 1 aliphatic rings. The molecule has 8 nitrogen and oxygen atoms in total. The first-order chi connectivity index (χ1) is 14.2. The Hall–Kier alpha value is -2.13. The van der Waals surface area contributed by atoms with Crippen LogP contribution in [0, 0.1) is 5.92 Å². The smallest absolute Gasteiger partial charge is 0.319 e. The number of piperidine rings is 1. The summed E-state index contributed by atoms with van der Waals surface area (Å²) < 4.78 is 27.3. The van der Waals surface area contributed by atoms with E-state index >= 15 is 0 Å². The van der Waals surface area contributed by atoms with E-state index in [2.05, 4.69) is 10.0 Å². The van der Waals surface area contributed by atoms with Gasteiger partial charge in [-0.05, 0) is 64.3 Å². The van der Waals surface area contributed by atoms with Crippen molar-refractivity contribution < 1.29 is 18.0 Å². The Balaban J connectivity index is 1.91. The number of nitrogens with one attached hydrogen (secondary N) is 2. The lowest BCUT2D eigenvalue weighted by molar-refractivity contribution is -0.121. The van der Waals surface area contributed by atoms with Gasteiger partial charge in [0.2, 0.25) is 15.9 Å². The lowest BCUT2D eigenvalue weighted by Crippen LogP contribution is -2.47. The van der Waals surface area contributed by atoms with Gasteiger partial charge >= 0.3 is 6.03 Å². The van der Waals surface area contributed by atoms with Crippen LogP contribution in [0.5, 0.6) is 0 Å². The van der Waals surface area contributed by atoms with E-state index in [1.54, 1.807) is 21.9 Å².